The fourth-order valence-corrected chi connectivity index (χ4v) is 3.14. The van der Waals surface area contributed by atoms with Crippen molar-refractivity contribution in [2.45, 2.75) is 0 Å². The van der Waals surface area contributed by atoms with Crippen molar-refractivity contribution in [2.75, 3.05) is 5.32 Å². The van der Waals surface area contributed by atoms with Crippen LogP contribution < -0.4 is 5.32 Å². The van der Waals surface area contributed by atoms with Crippen molar-refractivity contribution in [1.82, 2.24) is 10.2 Å². The molecule has 2 heterocycles. The van der Waals surface area contributed by atoms with Gasteiger partial charge < -0.3 is 5.32 Å². The SMILES string of the molecule is O=C(Nc1cccc(-c2ccn[nH]2)c1)c1csc(I)c1. The van der Waals surface area contributed by atoms with Gasteiger partial charge >= 0.3 is 0 Å². The third kappa shape index (κ3) is 2.91. The number of aromatic nitrogens is 2. The molecule has 0 atom stereocenters. The van der Waals surface area contributed by atoms with Crippen LogP contribution in [0.15, 0.2) is 48.0 Å². The molecule has 0 aliphatic heterocycles. The van der Waals surface area contributed by atoms with Crippen LogP contribution in [0.3, 0.4) is 0 Å². The smallest absolute Gasteiger partial charge is 0.256 e. The molecule has 20 heavy (non-hydrogen) atoms. The molecule has 0 saturated heterocycles. The number of aromatic amines is 1. The highest BCUT2D eigenvalue weighted by molar-refractivity contribution is 14.1. The Morgan fingerprint density at radius 3 is 2.90 bits per heavy atom. The van der Waals surface area contributed by atoms with Crippen molar-refractivity contribution < 1.29 is 4.79 Å². The molecule has 0 saturated carbocycles. The van der Waals surface area contributed by atoms with Crippen LogP contribution in [0.5, 0.6) is 0 Å². The molecule has 0 bridgehead atoms. The largest absolute Gasteiger partial charge is 0.322 e. The molecule has 100 valence electrons. The number of hydrogen-bond acceptors (Lipinski definition) is 3. The molecule has 0 spiro atoms. The molecule has 0 radical (unpaired) electrons. The molecule has 1 amide bonds. The first-order chi connectivity index (χ1) is 9.72. The number of carbonyl (C=O) groups excluding carboxylic acids is 1. The maximum absolute atomic E-state index is 12.1. The van der Waals surface area contributed by atoms with Gasteiger partial charge in [-0.05, 0) is 46.9 Å². The molecule has 0 fully saturated rings. The van der Waals surface area contributed by atoms with Crippen LogP contribution in [0.25, 0.3) is 11.3 Å². The highest BCUT2D eigenvalue weighted by Gasteiger charge is 2.09. The Kier molecular flexibility index (Phi) is 3.83. The van der Waals surface area contributed by atoms with Crippen LogP contribution in [-0.2, 0) is 0 Å². The highest BCUT2D eigenvalue weighted by atomic mass is 127. The van der Waals surface area contributed by atoms with E-state index in [0.717, 1.165) is 19.8 Å². The molecule has 1 aromatic carbocycles. The number of anilines is 1. The van der Waals surface area contributed by atoms with Crippen LogP contribution in [0.4, 0.5) is 5.69 Å². The van der Waals surface area contributed by atoms with Crippen LogP contribution in [0.1, 0.15) is 10.4 Å². The molecule has 3 rings (SSSR count). The summed E-state index contributed by atoms with van der Waals surface area (Å²) in [4.78, 5) is 12.1. The Labute approximate surface area is 133 Å². The molecule has 0 aliphatic carbocycles. The summed E-state index contributed by atoms with van der Waals surface area (Å²) in [6, 6.07) is 11.4. The molecular weight excluding hydrogens is 385 g/mol. The number of carbonyl (C=O) groups is 1. The van der Waals surface area contributed by atoms with Gasteiger partial charge in [-0.15, -0.1) is 11.3 Å². The number of hydrogen-bond donors (Lipinski definition) is 2. The van der Waals surface area contributed by atoms with Crippen LogP contribution >= 0.6 is 33.9 Å². The zero-order chi connectivity index (χ0) is 13.9. The summed E-state index contributed by atoms with van der Waals surface area (Å²) in [5.74, 6) is -0.0917. The van der Waals surface area contributed by atoms with Crippen molar-refractivity contribution in [1.29, 1.82) is 0 Å². The lowest BCUT2D eigenvalue weighted by Gasteiger charge is -2.05. The van der Waals surface area contributed by atoms with E-state index in [0.29, 0.717) is 5.56 Å². The monoisotopic (exact) mass is 395 g/mol. The minimum Gasteiger partial charge on any atom is -0.322 e. The topological polar surface area (TPSA) is 57.8 Å². The number of amides is 1. The summed E-state index contributed by atoms with van der Waals surface area (Å²) in [7, 11) is 0. The lowest BCUT2D eigenvalue weighted by Crippen LogP contribution is -2.10. The van der Waals surface area contributed by atoms with E-state index >= 15 is 0 Å². The summed E-state index contributed by atoms with van der Waals surface area (Å²) in [6.07, 6.45) is 1.70. The predicted octanol–water partition coefficient (Wildman–Crippen LogP) is 4.00. The van der Waals surface area contributed by atoms with Crippen molar-refractivity contribution in [3.05, 3.63) is 56.4 Å². The van der Waals surface area contributed by atoms with Crippen molar-refractivity contribution >= 4 is 45.5 Å². The summed E-state index contributed by atoms with van der Waals surface area (Å²) >= 11 is 3.76. The number of nitrogens with one attached hydrogen (secondary N) is 2. The van der Waals surface area contributed by atoms with Crippen molar-refractivity contribution in [2.24, 2.45) is 0 Å². The summed E-state index contributed by atoms with van der Waals surface area (Å²) < 4.78 is 1.10. The number of H-pyrrole nitrogens is 1. The number of benzene rings is 1. The lowest BCUT2D eigenvalue weighted by molar-refractivity contribution is 0.102. The third-order valence-electron chi connectivity index (χ3n) is 2.76. The van der Waals surface area contributed by atoms with E-state index in [1.807, 2.05) is 41.8 Å². The van der Waals surface area contributed by atoms with Gasteiger partial charge in [0.05, 0.1) is 14.1 Å². The van der Waals surface area contributed by atoms with E-state index in [9.17, 15) is 4.79 Å². The summed E-state index contributed by atoms with van der Waals surface area (Å²) in [5.41, 5.74) is 3.36. The van der Waals surface area contributed by atoms with Gasteiger partial charge in [-0.25, -0.2) is 0 Å². The number of halogens is 1. The first kappa shape index (κ1) is 13.3. The van der Waals surface area contributed by atoms with Gasteiger partial charge in [0.15, 0.2) is 0 Å². The Morgan fingerprint density at radius 2 is 2.20 bits per heavy atom. The van der Waals surface area contributed by atoms with E-state index in [4.69, 9.17) is 0 Å². The van der Waals surface area contributed by atoms with Gasteiger partial charge in [0.1, 0.15) is 0 Å². The fourth-order valence-electron chi connectivity index (χ4n) is 1.81. The zero-order valence-electron chi connectivity index (χ0n) is 10.3. The standard InChI is InChI=1S/C14H10IN3OS/c15-13-7-10(8-20-13)14(19)17-11-3-1-2-9(6-11)12-4-5-16-18-12/h1-8H,(H,16,18)(H,17,19). The Balaban J connectivity index is 1.81. The average Bonchev–Trinajstić information content (AvgIpc) is 3.10. The molecule has 2 aromatic heterocycles. The second-order valence-corrected chi connectivity index (χ2v) is 6.95. The molecule has 0 unspecified atom stereocenters. The zero-order valence-corrected chi connectivity index (χ0v) is 13.2. The second-order valence-electron chi connectivity index (χ2n) is 4.14. The molecular formula is C14H10IN3OS. The third-order valence-corrected chi connectivity index (χ3v) is 4.55. The summed E-state index contributed by atoms with van der Waals surface area (Å²) in [6.45, 7) is 0. The van der Waals surface area contributed by atoms with Gasteiger partial charge in [0, 0.05) is 22.8 Å². The van der Waals surface area contributed by atoms with Crippen molar-refractivity contribution in [3.8, 4) is 11.3 Å². The maximum atomic E-state index is 12.1. The normalized spacial score (nSPS) is 10.4. The average molecular weight is 395 g/mol. The Morgan fingerprint density at radius 1 is 1.30 bits per heavy atom. The molecule has 2 N–H and O–H groups in total. The van der Waals surface area contributed by atoms with E-state index in [-0.39, 0.29) is 5.91 Å². The summed E-state index contributed by atoms with van der Waals surface area (Å²) in [5, 5.41) is 11.6. The number of thiophene rings is 1. The number of rotatable bonds is 3. The van der Waals surface area contributed by atoms with Gasteiger partial charge in [-0.3, -0.25) is 9.89 Å². The van der Waals surface area contributed by atoms with E-state index in [1.54, 1.807) is 17.5 Å². The number of nitrogens with zero attached hydrogens (tertiary/aromatic N) is 1. The fraction of sp³-hybridized carbons (Fsp3) is 0. The minimum absolute atomic E-state index is 0.0917. The highest BCUT2D eigenvalue weighted by Crippen LogP contribution is 2.22. The van der Waals surface area contributed by atoms with Gasteiger partial charge in [-0.1, -0.05) is 12.1 Å². The van der Waals surface area contributed by atoms with E-state index in [2.05, 4.69) is 38.1 Å². The van der Waals surface area contributed by atoms with Crippen LogP contribution in [0, 0.1) is 2.88 Å². The molecule has 6 heteroatoms. The quantitative estimate of drug-likeness (QED) is 0.659. The van der Waals surface area contributed by atoms with Gasteiger partial charge in [-0.2, -0.15) is 5.10 Å². The van der Waals surface area contributed by atoms with Crippen LogP contribution in [-0.4, -0.2) is 16.1 Å². The van der Waals surface area contributed by atoms with Gasteiger partial charge in [0.25, 0.3) is 5.91 Å². The van der Waals surface area contributed by atoms with Crippen molar-refractivity contribution in [3.63, 3.8) is 0 Å². The first-order valence-electron chi connectivity index (χ1n) is 5.87. The molecule has 0 aliphatic rings. The van der Waals surface area contributed by atoms with Crippen LogP contribution in [0.2, 0.25) is 0 Å². The Hall–Kier alpha value is -1.67. The Bertz CT molecular complexity index is 736. The first-order valence-corrected chi connectivity index (χ1v) is 7.83. The van der Waals surface area contributed by atoms with E-state index in [1.165, 1.54) is 0 Å². The molecule has 3 aromatic rings. The molecule has 4 nitrogen and oxygen atoms in total. The second kappa shape index (κ2) is 5.76. The van der Waals surface area contributed by atoms with Gasteiger partial charge in [0.2, 0.25) is 0 Å². The maximum Gasteiger partial charge on any atom is 0.256 e. The van der Waals surface area contributed by atoms with E-state index < -0.39 is 0 Å². The lowest BCUT2D eigenvalue weighted by atomic mass is 10.1. The minimum atomic E-state index is -0.0917. The predicted molar refractivity (Wildman–Crippen MR) is 89.0 cm³/mol.